The zero-order chi connectivity index (χ0) is 17.9. The maximum atomic E-state index is 6.25. The molecule has 1 fully saturated rings. The van der Waals surface area contributed by atoms with Gasteiger partial charge >= 0.3 is 0 Å². The van der Waals surface area contributed by atoms with Gasteiger partial charge in [0.25, 0.3) is 0 Å². The van der Waals surface area contributed by atoms with Gasteiger partial charge in [0.2, 0.25) is 0 Å². The Bertz CT molecular complexity index is 479. The zero-order valence-corrected chi connectivity index (χ0v) is 19.3. The number of hydrogen-bond donors (Lipinski definition) is 0. The van der Waals surface area contributed by atoms with Crippen molar-refractivity contribution < 1.29 is 4.74 Å². The molecule has 0 bridgehead atoms. The molecule has 0 aliphatic heterocycles. The Balaban J connectivity index is 2.19. The number of rotatable bonds is 11. The lowest BCUT2D eigenvalue weighted by molar-refractivity contribution is 0.307. The number of ether oxygens (including phenoxy) is 1. The van der Waals surface area contributed by atoms with Crippen LogP contribution in [0.5, 0.6) is 5.75 Å². The van der Waals surface area contributed by atoms with Crippen molar-refractivity contribution in [3.8, 4) is 5.75 Å². The molecule has 0 aromatic heterocycles. The Morgan fingerprint density at radius 1 is 1.12 bits per heavy atom. The van der Waals surface area contributed by atoms with E-state index in [2.05, 4.69) is 53.8 Å². The molecule has 0 spiro atoms. The first-order valence-corrected chi connectivity index (χ1v) is 14.7. The van der Waals surface area contributed by atoms with Crippen LogP contribution >= 0.6 is 21.8 Å². The van der Waals surface area contributed by atoms with Crippen molar-refractivity contribution in [3.63, 3.8) is 0 Å². The van der Waals surface area contributed by atoms with Crippen LogP contribution < -0.4 is 4.74 Å². The van der Waals surface area contributed by atoms with Crippen molar-refractivity contribution in [2.75, 3.05) is 6.61 Å². The summed E-state index contributed by atoms with van der Waals surface area (Å²) in [7, 11) is 1.01. The van der Waals surface area contributed by atoms with Gasteiger partial charge in [0.1, 0.15) is 12.8 Å². The normalized spacial score (nSPS) is 15.7. The van der Waals surface area contributed by atoms with Crippen molar-refractivity contribution >= 4 is 28.8 Å². The minimum Gasteiger partial charge on any atom is -0.493 e. The molecule has 1 aliphatic carbocycles. The molecule has 3 heteroatoms. The van der Waals surface area contributed by atoms with Gasteiger partial charge in [-0.05, 0) is 67.2 Å². The monoisotopic (exact) mass is 470 g/mol. The van der Waals surface area contributed by atoms with Gasteiger partial charge in [-0.15, -0.1) is 21.8 Å². The smallest absolute Gasteiger partial charge is 0.131 e. The molecule has 1 aromatic rings. The first-order valence-electron chi connectivity index (χ1n) is 10.4. The van der Waals surface area contributed by atoms with Gasteiger partial charge in [-0.1, -0.05) is 58.1 Å². The van der Waals surface area contributed by atoms with Crippen molar-refractivity contribution in [2.24, 2.45) is 0 Å². The first kappa shape index (κ1) is 21.3. The fourth-order valence-corrected chi connectivity index (χ4v) is 5.60. The second-order valence-electron chi connectivity index (χ2n) is 7.49. The molecule has 25 heavy (non-hydrogen) atoms. The largest absolute Gasteiger partial charge is 0.493 e. The number of hydrogen-bond acceptors (Lipinski definition) is 1. The van der Waals surface area contributed by atoms with Crippen LogP contribution in [-0.2, 0) is 0 Å². The standard InChI is InChI=1S/C22H35IOSi/c1-3-9-18(10-4-2)20-13-14-22(24-15-8-16-25-23)21(17-20)19-11-6-5-7-12-19/h13-14,17-19H,3-12,15-16H2,1-2H3. The molecule has 1 aliphatic rings. The fraction of sp³-hybridized carbons (Fsp3) is 0.727. The summed E-state index contributed by atoms with van der Waals surface area (Å²) in [6.07, 6.45) is 13.2. The third-order valence-corrected chi connectivity index (χ3v) is 7.66. The van der Waals surface area contributed by atoms with Crippen molar-refractivity contribution in [1.82, 2.24) is 0 Å². The molecule has 0 N–H and O–H groups in total. The van der Waals surface area contributed by atoms with Gasteiger partial charge in [0.05, 0.1) is 6.61 Å². The van der Waals surface area contributed by atoms with Crippen LogP contribution in [0.2, 0.25) is 6.04 Å². The summed E-state index contributed by atoms with van der Waals surface area (Å²) in [6, 6.07) is 8.47. The molecule has 1 aromatic carbocycles. The molecule has 0 atom stereocenters. The van der Waals surface area contributed by atoms with Gasteiger partial charge < -0.3 is 4.74 Å². The van der Waals surface area contributed by atoms with E-state index in [1.165, 1.54) is 81.6 Å². The van der Waals surface area contributed by atoms with Crippen molar-refractivity contribution in [1.29, 1.82) is 0 Å². The van der Waals surface area contributed by atoms with E-state index in [4.69, 9.17) is 4.74 Å². The summed E-state index contributed by atoms with van der Waals surface area (Å²) in [6.45, 7) is 5.51. The Labute approximate surface area is 170 Å². The minimum atomic E-state index is 0.721. The highest BCUT2D eigenvalue weighted by atomic mass is 127. The highest BCUT2D eigenvalue weighted by molar-refractivity contribution is 14.1. The molecule has 0 unspecified atom stereocenters. The molecule has 2 rings (SSSR count). The predicted molar refractivity (Wildman–Crippen MR) is 120 cm³/mol. The SMILES string of the molecule is CCCC(CCC)c1ccc(OCCC[Si]I)c(C2CCCCC2)c1. The van der Waals surface area contributed by atoms with Crippen molar-refractivity contribution in [3.05, 3.63) is 29.3 Å². The van der Waals surface area contributed by atoms with E-state index in [1.807, 2.05) is 0 Å². The molecular formula is C22H35IOSi. The van der Waals surface area contributed by atoms with Gasteiger partial charge in [-0.2, -0.15) is 0 Å². The lowest BCUT2D eigenvalue weighted by Crippen LogP contribution is -2.10. The lowest BCUT2D eigenvalue weighted by atomic mass is 9.81. The molecule has 140 valence electrons. The average molecular weight is 471 g/mol. The van der Waals surface area contributed by atoms with E-state index >= 15 is 0 Å². The Kier molecular flexibility index (Phi) is 10.5. The molecule has 2 radical (unpaired) electrons. The second-order valence-corrected chi connectivity index (χ2v) is 10.5. The molecule has 0 amide bonds. The predicted octanol–water partition coefficient (Wildman–Crippen LogP) is 7.66. The van der Waals surface area contributed by atoms with E-state index in [9.17, 15) is 0 Å². The van der Waals surface area contributed by atoms with Gasteiger partial charge in [0.15, 0.2) is 0 Å². The average Bonchev–Trinajstić information content (AvgIpc) is 2.66. The summed E-state index contributed by atoms with van der Waals surface area (Å²) in [5, 5.41) is 0. The number of benzene rings is 1. The lowest BCUT2D eigenvalue weighted by Gasteiger charge is -2.26. The molecule has 0 heterocycles. The van der Waals surface area contributed by atoms with Crippen LogP contribution in [0.3, 0.4) is 0 Å². The quantitative estimate of drug-likeness (QED) is 0.140. The van der Waals surface area contributed by atoms with Crippen LogP contribution in [0.25, 0.3) is 0 Å². The zero-order valence-electron chi connectivity index (χ0n) is 16.2. The van der Waals surface area contributed by atoms with Crippen LogP contribution in [-0.4, -0.2) is 13.6 Å². The van der Waals surface area contributed by atoms with Crippen LogP contribution in [0.15, 0.2) is 18.2 Å². The minimum absolute atomic E-state index is 0.721. The van der Waals surface area contributed by atoms with E-state index in [0.29, 0.717) is 0 Å². The number of halogens is 1. The summed E-state index contributed by atoms with van der Waals surface area (Å²) in [5.74, 6) is 2.63. The Hall–Kier alpha value is -0.0331. The fourth-order valence-electron chi connectivity index (χ4n) is 4.18. The van der Waals surface area contributed by atoms with Gasteiger partial charge in [0, 0.05) is 0 Å². The van der Waals surface area contributed by atoms with E-state index in [0.717, 1.165) is 25.5 Å². The van der Waals surface area contributed by atoms with Gasteiger partial charge in [-0.25, -0.2) is 0 Å². The van der Waals surface area contributed by atoms with Crippen LogP contribution in [0, 0.1) is 0 Å². The summed E-state index contributed by atoms with van der Waals surface area (Å²) < 4.78 is 6.25. The third-order valence-electron chi connectivity index (χ3n) is 5.50. The van der Waals surface area contributed by atoms with E-state index < -0.39 is 0 Å². The third kappa shape index (κ3) is 6.89. The molecule has 1 saturated carbocycles. The summed E-state index contributed by atoms with van der Waals surface area (Å²) >= 11 is 2.48. The van der Waals surface area contributed by atoms with E-state index in [-0.39, 0.29) is 0 Å². The molecule has 0 saturated heterocycles. The maximum absolute atomic E-state index is 6.25. The maximum Gasteiger partial charge on any atom is 0.131 e. The first-order chi connectivity index (χ1) is 12.3. The van der Waals surface area contributed by atoms with Crippen LogP contribution in [0.4, 0.5) is 0 Å². The highest BCUT2D eigenvalue weighted by Crippen LogP contribution is 2.40. The Morgan fingerprint density at radius 3 is 2.48 bits per heavy atom. The second kappa shape index (κ2) is 12.4. The van der Waals surface area contributed by atoms with Crippen molar-refractivity contribution in [2.45, 2.75) is 95.9 Å². The Morgan fingerprint density at radius 2 is 1.84 bits per heavy atom. The molecular weight excluding hydrogens is 435 g/mol. The summed E-state index contributed by atoms with van der Waals surface area (Å²) in [5.41, 5.74) is 3.08. The van der Waals surface area contributed by atoms with Crippen LogP contribution in [0.1, 0.15) is 101 Å². The summed E-state index contributed by atoms with van der Waals surface area (Å²) in [4.78, 5) is 0. The highest BCUT2D eigenvalue weighted by Gasteiger charge is 2.21. The molecule has 1 nitrogen and oxygen atoms in total. The van der Waals surface area contributed by atoms with E-state index in [1.54, 1.807) is 5.56 Å². The topological polar surface area (TPSA) is 9.23 Å². The van der Waals surface area contributed by atoms with Gasteiger partial charge in [-0.3, -0.25) is 0 Å².